The Labute approximate surface area is 202 Å². The molecule has 0 unspecified atom stereocenters. The lowest BCUT2D eigenvalue weighted by atomic mass is 10.0. The number of carboxylic acids is 1. The molecule has 0 radical (unpaired) electrons. The first-order valence-electron chi connectivity index (χ1n) is 11.1. The maximum Gasteiger partial charge on any atom is 0.305 e. The van der Waals surface area contributed by atoms with Gasteiger partial charge in [-0.05, 0) is 24.8 Å². The summed E-state index contributed by atoms with van der Waals surface area (Å²) in [5.41, 5.74) is 11.5. The van der Waals surface area contributed by atoms with Crippen LogP contribution in [0.5, 0.6) is 0 Å². The third-order valence-corrected chi connectivity index (χ3v) is 5.14. The lowest BCUT2D eigenvalue weighted by Gasteiger charge is -2.24. The summed E-state index contributed by atoms with van der Waals surface area (Å²) in [6.07, 6.45) is -0.436. The van der Waals surface area contributed by atoms with Crippen LogP contribution in [0.3, 0.4) is 0 Å². The number of carbonyl (C=O) groups is 5. The molecular formula is C22H31N7O6. The van der Waals surface area contributed by atoms with Crippen LogP contribution < -0.4 is 32.7 Å². The van der Waals surface area contributed by atoms with E-state index in [2.05, 4.69) is 26.3 Å². The molecule has 1 saturated heterocycles. The topological polar surface area (TPSA) is 218 Å². The number of carboxylic acid groups (broad SMARTS) is 1. The molecule has 1 fully saturated rings. The second-order valence-corrected chi connectivity index (χ2v) is 8.10. The van der Waals surface area contributed by atoms with Crippen LogP contribution in [0.25, 0.3) is 0 Å². The van der Waals surface area contributed by atoms with Crippen molar-refractivity contribution in [2.75, 3.05) is 13.1 Å². The van der Waals surface area contributed by atoms with E-state index < -0.39 is 60.6 Å². The van der Waals surface area contributed by atoms with Crippen molar-refractivity contribution in [3.8, 4) is 0 Å². The highest BCUT2D eigenvalue weighted by molar-refractivity contribution is 6.01. The number of hydrogen-bond acceptors (Lipinski definition) is 6. The normalized spacial score (nSPS) is 21.7. The minimum atomic E-state index is -1.39. The molecule has 13 heteroatoms. The summed E-state index contributed by atoms with van der Waals surface area (Å²) in [4.78, 5) is 65.5. The number of benzene rings is 1. The van der Waals surface area contributed by atoms with Crippen molar-refractivity contribution < 1.29 is 29.1 Å². The number of rotatable bonds is 8. The lowest BCUT2D eigenvalue weighted by molar-refractivity contribution is -0.141. The smallest absolute Gasteiger partial charge is 0.305 e. The SMILES string of the molecule is NC(N)=NCCC[C@@H]1NC(=O)CC(=O)N[C@@H](CC(=O)O)C(=O)N[C@H](Cc2ccccc2)CNC1=O. The van der Waals surface area contributed by atoms with Gasteiger partial charge in [-0.25, -0.2) is 0 Å². The fourth-order valence-corrected chi connectivity index (χ4v) is 3.51. The zero-order chi connectivity index (χ0) is 25.8. The Morgan fingerprint density at radius 3 is 2.26 bits per heavy atom. The molecule has 0 spiro atoms. The highest BCUT2D eigenvalue weighted by Crippen LogP contribution is 2.06. The summed E-state index contributed by atoms with van der Waals surface area (Å²) < 4.78 is 0. The van der Waals surface area contributed by atoms with Crippen molar-refractivity contribution in [1.29, 1.82) is 0 Å². The molecule has 1 aromatic carbocycles. The first-order chi connectivity index (χ1) is 16.6. The molecule has 9 N–H and O–H groups in total. The molecule has 0 saturated carbocycles. The van der Waals surface area contributed by atoms with Gasteiger partial charge in [0.25, 0.3) is 0 Å². The fourth-order valence-electron chi connectivity index (χ4n) is 3.51. The Hall–Kier alpha value is -4.16. The van der Waals surface area contributed by atoms with Crippen molar-refractivity contribution in [1.82, 2.24) is 21.3 Å². The summed E-state index contributed by atoms with van der Waals surface area (Å²) in [6, 6.07) is 6.21. The Bertz CT molecular complexity index is 949. The summed E-state index contributed by atoms with van der Waals surface area (Å²) in [7, 11) is 0. The van der Waals surface area contributed by atoms with Gasteiger partial charge in [-0.1, -0.05) is 30.3 Å². The van der Waals surface area contributed by atoms with Gasteiger partial charge in [0.1, 0.15) is 18.5 Å². The van der Waals surface area contributed by atoms with Crippen molar-refractivity contribution in [3.63, 3.8) is 0 Å². The van der Waals surface area contributed by atoms with E-state index in [1.165, 1.54) is 0 Å². The van der Waals surface area contributed by atoms with E-state index in [0.717, 1.165) is 5.56 Å². The molecule has 0 bridgehead atoms. The minimum absolute atomic E-state index is 0.00742. The molecule has 190 valence electrons. The molecule has 13 nitrogen and oxygen atoms in total. The Balaban J connectivity index is 2.24. The van der Waals surface area contributed by atoms with Gasteiger partial charge in [-0.2, -0.15) is 0 Å². The quantitative estimate of drug-likeness (QED) is 0.0911. The van der Waals surface area contributed by atoms with Crippen LogP contribution in [0.4, 0.5) is 0 Å². The highest BCUT2D eigenvalue weighted by Gasteiger charge is 2.29. The van der Waals surface area contributed by atoms with Crippen molar-refractivity contribution >= 4 is 35.6 Å². The Morgan fingerprint density at radius 2 is 1.63 bits per heavy atom. The molecule has 3 atom stereocenters. The lowest BCUT2D eigenvalue weighted by Crippen LogP contribution is -2.54. The van der Waals surface area contributed by atoms with E-state index in [1.807, 2.05) is 30.3 Å². The van der Waals surface area contributed by atoms with Gasteiger partial charge in [0, 0.05) is 13.1 Å². The zero-order valence-corrected chi connectivity index (χ0v) is 19.2. The number of carbonyl (C=O) groups excluding carboxylic acids is 4. The van der Waals surface area contributed by atoms with Crippen LogP contribution in [0.2, 0.25) is 0 Å². The van der Waals surface area contributed by atoms with Crippen molar-refractivity contribution in [3.05, 3.63) is 35.9 Å². The second-order valence-electron chi connectivity index (χ2n) is 8.10. The molecule has 1 aromatic rings. The first-order valence-corrected chi connectivity index (χ1v) is 11.1. The number of nitrogens with two attached hydrogens (primary N) is 2. The summed E-state index contributed by atoms with van der Waals surface area (Å²) in [5, 5.41) is 19.4. The average molecular weight is 490 g/mol. The summed E-state index contributed by atoms with van der Waals surface area (Å²) in [6.45, 7) is 0.250. The zero-order valence-electron chi connectivity index (χ0n) is 19.2. The van der Waals surface area contributed by atoms with E-state index in [-0.39, 0.29) is 25.5 Å². The van der Waals surface area contributed by atoms with E-state index in [4.69, 9.17) is 11.5 Å². The molecule has 1 aliphatic heterocycles. The van der Waals surface area contributed by atoms with Gasteiger partial charge >= 0.3 is 5.97 Å². The predicted octanol–water partition coefficient (Wildman–Crippen LogP) is -2.27. The van der Waals surface area contributed by atoms with Crippen molar-refractivity contribution in [2.24, 2.45) is 16.5 Å². The van der Waals surface area contributed by atoms with Crippen LogP contribution in [0.1, 0.15) is 31.2 Å². The minimum Gasteiger partial charge on any atom is -0.481 e. The van der Waals surface area contributed by atoms with E-state index in [1.54, 1.807) is 0 Å². The molecule has 1 heterocycles. The number of guanidine groups is 1. The van der Waals surface area contributed by atoms with Crippen molar-refractivity contribution in [2.45, 2.75) is 50.2 Å². The van der Waals surface area contributed by atoms with Gasteiger partial charge in [-0.15, -0.1) is 0 Å². The Morgan fingerprint density at radius 1 is 0.971 bits per heavy atom. The van der Waals surface area contributed by atoms with Crippen LogP contribution in [0, 0.1) is 0 Å². The van der Waals surface area contributed by atoms with Crippen LogP contribution >= 0.6 is 0 Å². The largest absolute Gasteiger partial charge is 0.481 e. The molecular weight excluding hydrogens is 458 g/mol. The third kappa shape index (κ3) is 10.1. The molecule has 1 aliphatic rings. The molecule has 2 rings (SSSR count). The highest BCUT2D eigenvalue weighted by atomic mass is 16.4. The second kappa shape index (κ2) is 13.5. The van der Waals surface area contributed by atoms with E-state index in [9.17, 15) is 29.1 Å². The third-order valence-electron chi connectivity index (χ3n) is 5.14. The van der Waals surface area contributed by atoms with Gasteiger partial charge < -0.3 is 37.8 Å². The first kappa shape index (κ1) is 27.1. The van der Waals surface area contributed by atoms with Gasteiger partial charge in [0.15, 0.2) is 5.96 Å². The van der Waals surface area contributed by atoms with E-state index >= 15 is 0 Å². The predicted molar refractivity (Wildman–Crippen MR) is 126 cm³/mol. The average Bonchev–Trinajstić information content (AvgIpc) is 2.78. The molecule has 4 amide bonds. The van der Waals surface area contributed by atoms with Gasteiger partial charge in [0.05, 0.1) is 12.5 Å². The number of hydrogen-bond donors (Lipinski definition) is 7. The number of nitrogens with one attached hydrogen (secondary N) is 4. The van der Waals surface area contributed by atoms with Crippen LogP contribution in [-0.2, 0) is 30.4 Å². The molecule has 0 aromatic heterocycles. The summed E-state index contributed by atoms with van der Waals surface area (Å²) >= 11 is 0. The fraction of sp³-hybridized carbons (Fsp3) is 0.455. The monoisotopic (exact) mass is 489 g/mol. The Kier molecular flexibility index (Phi) is 10.5. The number of amides is 4. The number of aliphatic carboxylic acids is 1. The van der Waals surface area contributed by atoms with E-state index in [0.29, 0.717) is 12.8 Å². The number of aliphatic imine (C=N–C) groups is 1. The van der Waals surface area contributed by atoms with Gasteiger partial charge in [-0.3, -0.25) is 29.0 Å². The maximum atomic E-state index is 12.9. The number of nitrogens with zero attached hydrogens (tertiary/aromatic N) is 1. The summed E-state index contributed by atoms with van der Waals surface area (Å²) in [5.74, 6) is -4.23. The van der Waals surface area contributed by atoms with Crippen LogP contribution in [0.15, 0.2) is 35.3 Å². The molecule has 35 heavy (non-hydrogen) atoms. The van der Waals surface area contributed by atoms with Gasteiger partial charge in [0.2, 0.25) is 23.6 Å². The van der Waals surface area contributed by atoms with Crippen LogP contribution in [-0.4, -0.2) is 71.9 Å². The molecule has 0 aliphatic carbocycles. The maximum absolute atomic E-state index is 12.9. The standard InChI is InChI=1S/C22H31N7O6/c23-22(24)25-8-4-7-15-20(34)26-12-14(9-13-5-2-1-3-6-13)27-21(35)16(10-19(32)33)29-18(31)11-17(30)28-15/h1-3,5-6,14-16H,4,7-12H2,(H,26,34)(H,27,35)(H,28,30)(H,29,31)(H,32,33)(H4,23,24,25)/t14-,15+,16+/m1/s1.